The molecular weight excluding hydrogens is 236 g/mol. The molecule has 92 valence electrons. The maximum Gasteiger partial charge on any atom is 0.130 e. The van der Waals surface area contributed by atoms with Gasteiger partial charge in [0.05, 0.1) is 0 Å². The summed E-state index contributed by atoms with van der Waals surface area (Å²) in [5, 5.41) is 0. The minimum Gasteiger partial charge on any atom is -0.490 e. The van der Waals surface area contributed by atoms with Crippen LogP contribution in [-0.4, -0.2) is 18.3 Å². The van der Waals surface area contributed by atoms with E-state index in [-0.39, 0.29) is 5.78 Å². The second kappa shape index (κ2) is 7.91. The normalized spacial score (nSPS) is 10.7. The molecule has 0 aliphatic carbocycles. The minimum atomic E-state index is 0.219. The van der Waals surface area contributed by atoms with E-state index in [1.807, 2.05) is 36.4 Å². The second-order valence-corrected chi connectivity index (χ2v) is 4.09. The highest BCUT2D eigenvalue weighted by atomic mass is 35.5. The first kappa shape index (κ1) is 13.8. The van der Waals surface area contributed by atoms with Crippen LogP contribution in [0.1, 0.15) is 18.9 Å². The highest BCUT2D eigenvalue weighted by Gasteiger charge is 1.97. The molecule has 1 rings (SSSR count). The van der Waals surface area contributed by atoms with Gasteiger partial charge in [0.2, 0.25) is 0 Å². The lowest BCUT2D eigenvalue weighted by Gasteiger charge is -2.04. The van der Waals surface area contributed by atoms with E-state index in [4.69, 9.17) is 16.3 Å². The van der Waals surface area contributed by atoms with E-state index in [2.05, 4.69) is 0 Å². The zero-order valence-electron chi connectivity index (χ0n) is 9.99. The zero-order chi connectivity index (χ0) is 12.5. The standard InChI is InChI=1S/C14H17ClO2/c1-12(16)4-5-13-6-8-14(9-7-13)17-11-3-2-10-15/h2-3,6-9H,4-5,10-11H2,1H3. The monoisotopic (exact) mass is 252 g/mol. The van der Waals surface area contributed by atoms with Crippen LogP contribution in [0.3, 0.4) is 0 Å². The van der Waals surface area contributed by atoms with Crippen LogP contribution in [0, 0.1) is 0 Å². The third-order valence-corrected chi connectivity index (χ3v) is 2.47. The largest absolute Gasteiger partial charge is 0.490 e. The molecule has 1 aromatic rings. The predicted molar refractivity (Wildman–Crippen MR) is 70.8 cm³/mol. The van der Waals surface area contributed by atoms with E-state index in [9.17, 15) is 4.79 Å². The Morgan fingerprint density at radius 1 is 1.29 bits per heavy atom. The molecule has 0 radical (unpaired) electrons. The van der Waals surface area contributed by atoms with Crippen LogP contribution in [0.5, 0.6) is 5.75 Å². The number of allylic oxidation sites excluding steroid dienone is 1. The fraction of sp³-hybridized carbons (Fsp3) is 0.357. The maximum absolute atomic E-state index is 10.8. The number of halogens is 1. The second-order valence-electron chi connectivity index (χ2n) is 3.78. The lowest BCUT2D eigenvalue weighted by atomic mass is 10.1. The SMILES string of the molecule is CC(=O)CCc1ccc(OCC=CCCl)cc1. The van der Waals surface area contributed by atoms with Crippen molar-refractivity contribution in [2.45, 2.75) is 19.8 Å². The number of carbonyl (C=O) groups excluding carboxylic acids is 1. The Balaban J connectivity index is 2.39. The maximum atomic E-state index is 10.8. The Morgan fingerprint density at radius 3 is 2.59 bits per heavy atom. The molecule has 0 bridgehead atoms. The van der Waals surface area contributed by atoms with E-state index < -0.39 is 0 Å². The topological polar surface area (TPSA) is 26.3 Å². The molecule has 3 heteroatoms. The lowest BCUT2D eigenvalue weighted by molar-refractivity contribution is -0.116. The molecule has 2 nitrogen and oxygen atoms in total. The van der Waals surface area contributed by atoms with E-state index in [1.54, 1.807) is 6.92 Å². The van der Waals surface area contributed by atoms with E-state index in [0.29, 0.717) is 18.9 Å². The Morgan fingerprint density at radius 2 is 2.00 bits per heavy atom. The number of aryl methyl sites for hydroxylation is 1. The van der Waals surface area contributed by atoms with Crippen LogP contribution in [0.15, 0.2) is 36.4 Å². The Hall–Kier alpha value is -1.28. The van der Waals surface area contributed by atoms with Crippen molar-refractivity contribution in [1.29, 1.82) is 0 Å². The van der Waals surface area contributed by atoms with E-state index in [1.165, 1.54) is 0 Å². The van der Waals surface area contributed by atoms with Crippen LogP contribution >= 0.6 is 11.6 Å². The molecule has 0 unspecified atom stereocenters. The summed E-state index contributed by atoms with van der Waals surface area (Å²) < 4.78 is 5.48. The smallest absolute Gasteiger partial charge is 0.130 e. The molecule has 0 aliphatic heterocycles. The molecule has 0 saturated heterocycles. The number of carbonyl (C=O) groups is 1. The molecule has 17 heavy (non-hydrogen) atoms. The van der Waals surface area contributed by atoms with Gasteiger partial charge in [-0.25, -0.2) is 0 Å². The molecule has 0 N–H and O–H groups in total. The fourth-order valence-corrected chi connectivity index (χ4v) is 1.47. The molecule has 0 aromatic heterocycles. The summed E-state index contributed by atoms with van der Waals surface area (Å²) in [6.45, 7) is 2.14. The van der Waals surface area contributed by atoms with Gasteiger partial charge in [-0.05, 0) is 31.0 Å². The van der Waals surface area contributed by atoms with Crippen molar-refractivity contribution in [1.82, 2.24) is 0 Å². The van der Waals surface area contributed by atoms with Crippen molar-refractivity contribution in [3.8, 4) is 5.75 Å². The van der Waals surface area contributed by atoms with Gasteiger partial charge in [0, 0.05) is 12.3 Å². The fourth-order valence-electron chi connectivity index (χ4n) is 1.35. The third kappa shape index (κ3) is 6.12. The number of ether oxygens (including phenoxy) is 1. The van der Waals surface area contributed by atoms with Crippen molar-refractivity contribution in [3.63, 3.8) is 0 Å². The summed E-state index contributed by atoms with van der Waals surface area (Å²) in [5.41, 5.74) is 1.16. The van der Waals surface area contributed by atoms with Gasteiger partial charge in [0.15, 0.2) is 0 Å². The van der Waals surface area contributed by atoms with Crippen molar-refractivity contribution in [2.75, 3.05) is 12.5 Å². The van der Waals surface area contributed by atoms with Gasteiger partial charge in [-0.1, -0.05) is 24.3 Å². The average molecular weight is 253 g/mol. The predicted octanol–water partition coefficient (Wildman–Crippen LogP) is 3.38. The summed E-state index contributed by atoms with van der Waals surface area (Å²) in [5.74, 6) is 1.56. The Labute approximate surface area is 107 Å². The number of Topliss-reactive ketones (excluding diaryl/α,β-unsaturated/α-hetero) is 1. The van der Waals surface area contributed by atoms with Gasteiger partial charge in [0.1, 0.15) is 18.1 Å². The first-order valence-corrected chi connectivity index (χ1v) is 6.18. The molecule has 0 heterocycles. The number of rotatable bonds is 7. The summed E-state index contributed by atoms with van der Waals surface area (Å²) in [4.78, 5) is 10.8. The summed E-state index contributed by atoms with van der Waals surface area (Å²) in [6, 6.07) is 7.82. The number of ketones is 1. The first-order chi connectivity index (χ1) is 8.22. The van der Waals surface area contributed by atoms with Gasteiger partial charge < -0.3 is 9.53 Å². The van der Waals surface area contributed by atoms with Crippen molar-refractivity contribution < 1.29 is 9.53 Å². The molecule has 0 amide bonds. The van der Waals surface area contributed by atoms with Crippen LogP contribution in [0.2, 0.25) is 0 Å². The van der Waals surface area contributed by atoms with Crippen molar-refractivity contribution in [3.05, 3.63) is 42.0 Å². The number of alkyl halides is 1. The summed E-state index contributed by atoms with van der Waals surface area (Å²) >= 11 is 5.49. The summed E-state index contributed by atoms with van der Waals surface area (Å²) in [7, 11) is 0. The van der Waals surface area contributed by atoms with Gasteiger partial charge in [0.25, 0.3) is 0 Å². The lowest BCUT2D eigenvalue weighted by Crippen LogP contribution is -1.95. The quantitative estimate of drug-likeness (QED) is 0.549. The van der Waals surface area contributed by atoms with Gasteiger partial charge in [-0.2, -0.15) is 0 Å². The van der Waals surface area contributed by atoms with Gasteiger partial charge >= 0.3 is 0 Å². The molecular formula is C14H17ClO2. The minimum absolute atomic E-state index is 0.219. The molecule has 0 saturated carbocycles. The highest BCUT2D eigenvalue weighted by Crippen LogP contribution is 2.13. The Bertz CT molecular complexity index is 368. The average Bonchev–Trinajstić information content (AvgIpc) is 2.33. The van der Waals surface area contributed by atoms with Crippen molar-refractivity contribution in [2.24, 2.45) is 0 Å². The van der Waals surface area contributed by atoms with Gasteiger partial charge in [-0.15, -0.1) is 11.6 Å². The molecule has 1 aromatic carbocycles. The molecule has 0 spiro atoms. The Kier molecular flexibility index (Phi) is 6.41. The number of hydrogen-bond acceptors (Lipinski definition) is 2. The van der Waals surface area contributed by atoms with Crippen LogP contribution < -0.4 is 4.74 Å². The number of hydrogen-bond donors (Lipinski definition) is 0. The summed E-state index contributed by atoms with van der Waals surface area (Å²) in [6.07, 6.45) is 5.12. The zero-order valence-corrected chi connectivity index (χ0v) is 10.7. The van der Waals surface area contributed by atoms with Crippen LogP contribution in [0.4, 0.5) is 0 Å². The van der Waals surface area contributed by atoms with Crippen LogP contribution in [-0.2, 0) is 11.2 Å². The van der Waals surface area contributed by atoms with Crippen LogP contribution in [0.25, 0.3) is 0 Å². The van der Waals surface area contributed by atoms with E-state index >= 15 is 0 Å². The third-order valence-electron chi connectivity index (χ3n) is 2.29. The molecule has 0 atom stereocenters. The van der Waals surface area contributed by atoms with Crippen molar-refractivity contribution >= 4 is 17.4 Å². The molecule has 0 aliphatic rings. The van der Waals surface area contributed by atoms with E-state index in [0.717, 1.165) is 17.7 Å². The molecule has 0 fully saturated rings. The highest BCUT2D eigenvalue weighted by molar-refractivity contribution is 6.18. The first-order valence-electron chi connectivity index (χ1n) is 5.64. The number of benzene rings is 1. The van der Waals surface area contributed by atoms with Gasteiger partial charge in [-0.3, -0.25) is 0 Å².